The van der Waals surface area contributed by atoms with Gasteiger partial charge in [-0.3, -0.25) is 4.79 Å². The van der Waals surface area contributed by atoms with E-state index in [1.54, 1.807) is 7.11 Å². The van der Waals surface area contributed by atoms with Crippen molar-refractivity contribution in [2.45, 2.75) is 33.6 Å². The Labute approximate surface area is 109 Å². The monoisotopic (exact) mass is 250 g/mol. The third kappa shape index (κ3) is 3.84. The number of benzene rings is 1. The van der Waals surface area contributed by atoms with Crippen LogP contribution >= 0.6 is 0 Å². The second-order valence-electron chi connectivity index (χ2n) is 4.47. The molecule has 0 saturated carbocycles. The molecule has 1 aromatic rings. The predicted octanol–water partition coefficient (Wildman–Crippen LogP) is 3.31. The van der Waals surface area contributed by atoms with Crippen molar-refractivity contribution >= 4 is 5.78 Å². The van der Waals surface area contributed by atoms with Crippen LogP contribution in [0.5, 0.6) is 5.75 Å². The molecule has 0 aliphatic carbocycles. The largest absolute Gasteiger partial charge is 0.493 e. The van der Waals surface area contributed by atoms with Gasteiger partial charge in [0.15, 0.2) is 5.78 Å². The Morgan fingerprint density at radius 1 is 1.22 bits per heavy atom. The normalized spacial score (nSPS) is 10.4. The van der Waals surface area contributed by atoms with Crippen molar-refractivity contribution in [2.24, 2.45) is 0 Å². The Bertz CT molecular complexity index is 410. The molecule has 0 aliphatic rings. The van der Waals surface area contributed by atoms with Gasteiger partial charge < -0.3 is 9.47 Å². The van der Waals surface area contributed by atoms with Gasteiger partial charge in [-0.15, -0.1) is 0 Å². The molecular formula is C15H22O3. The van der Waals surface area contributed by atoms with Crippen LogP contribution in [0.3, 0.4) is 0 Å². The molecule has 0 amide bonds. The van der Waals surface area contributed by atoms with Gasteiger partial charge in [-0.25, -0.2) is 0 Å². The van der Waals surface area contributed by atoms with Crippen LogP contribution in [0.15, 0.2) is 12.1 Å². The smallest absolute Gasteiger partial charge is 0.168 e. The maximum Gasteiger partial charge on any atom is 0.168 e. The number of hydrogen-bond acceptors (Lipinski definition) is 3. The van der Waals surface area contributed by atoms with Gasteiger partial charge in [-0.05, 0) is 37.5 Å². The SMILES string of the molecule is CCCOc1c(C)cc(C)cc1C(=O)CCOC. The summed E-state index contributed by atoms with van der Waals surface area (Å²) < 4.78 is 10.7. The fourth-order valence-electron chi connectivity index (χ4n) is 1.89. The third-order valence-corrected chi connectivity index (χ3v) is 2.70. The second kappa shape index (κ2) is 7.17. The van der Waals surface area contributed by atoms with Crippen molar-refractivity contribution in [3.63, 3.8) is 0 Å². The predicted molar refractivity (Wildman–Crippen MR) is 72.5 cm³/mol. The number of rotatable bonds is 7. The lowest BCUT2D eigenvalue weighted by molar-refractivity contribution is 0.0928. The number of ketones is 1. The van der Waals surface area contributed by atoms with Gasteiger partial charge in [-0.1, -0.05) is 13.0 Å². The molecule has 0 N–H and O–H groups in total. The van der Waals surface area contributed by atoms with E-state index < -0.39 is 0 Å². The zero-order chi connectivity index (χ0) is 13.5. The van der Waals surface area contributed by atoms with Crippen molar-refractivity contribution in [3.8, 4) is 5.75 Å². The van der Waals surface area contributed by atoms with Crippen LogP contribution in [0.4, 0.5) is 0 Å². The number of aryl methyl sites for hydroxylation is 2. The van der Waals surface area contributed by atoms with E-state index in [9.17, 15) is 4.79 Å². The molecule has 0 bridgehead atoms. The maximum absolute atomic E-state index is 12.1. The molecule has 1 rings (SSSR count). The van der Waals surface area contributed by atoms with E-state index in [4.69, 9.17) is 9.47 Å². The number of hydrogen-bond donors (Lipinski definition) is 0. The van der Waals surface area contributed by atoms with Crippen LogP contribution < -0.4 is 4.74 Å². The van der Waals surface area contributed by atoms with E-state index in [1.165, 1.54) is 0 Å². The lowest BCUT2D eigenvalue weighted by Gasteiger charge is -2.14. The van der Waals surface area contributed by atoms with Crippen molar-refractivity contribution in [1.82, 2.24) is 0 Å². The highest BCUT2D eigenvalue weighted by Crippen LogP contribution is 2.26. The molecule has 0 atom stereocenters. The van der Waals surface area contributed by atoms with Crippen LogP contribution in [0, 0.1) is 13.8 Å². The summed E-state index contributed by atoms with van der Waals surface area (Å²) in [7, 11) is 1.60. The summed E-state index contributed by atoms with van der Waals surface area (Å²) in [6.07, 6.45) is 1.32. The van der Waals surface area contributed by atoms with Gasteiger partial charge in [0.25, 0.3) is 0 Å². The summed E-state index contributed by atoms with van der Waals surface area (Å²) in [4.78, 5) is 12.1. The standard InChI is InChI=1S/C15H22O3/c1-5-7-18-15-12(3)9-11(2)10-13(15)14(16)6-8-17-4/h9-10H,5-8H2,1-4H3. The Hall–Kier alpha value is -1.35. The number of ether oxygens (including phenoxy) is 2. The van der Waals surface area contributed by atoms with Gasteiger partial charge in [0.05, 0.1) is 18.8 Å². The van der Waals surface area contributed by atoms with Crippen molar-refractivity contribution in [2.75, 3.05) is 20.3 Å². The Morgan fingerprint density at radius 2 is 1.94 bits per heavy atom. The van der Waals surface area contributed by atoms with E-state index in [-0.39, 0.29) is 5.78 Å². The zero-order valence-corrected chi connectivity index (χ0v) is 11.7. The van der Waals surface area contributed by atoms with Gasteiger partial charge in [-0.2, -0.15) is 0 Å². The maximum atomic E-state index is 12.1. The van der Waals surface area contributed by atoms with Crippen LogP contribution in [0.2, 0.25) is 0 Å². The summed E-state index contributed by atoms with van der Waals surface area (Å²) in [5.74, 6) is 0.804. The summed E-state index contributed by atoms with van der Waals surface area (Å²) in [5.41, 5.74) is 2.78. The molecule has 1 aromatic carbocycles. The summed E-state index contributed by atoms with van der Waals surface area (Å²) in [6.45, 7) is 7.10. The van der Waals surface area contributed by atoms with E-state index in [0.717, 1.165) is 23.3 Å². The molecule has 0 fully saturated rings. The van der Waals surface area contributed by atoms with E-state index in [1.807, 2.05) is 26.0 Å². The van der Waals surface area contributed by atoms with E-state index in [2.05, 4.69) is 6.92 Å². The molecule has 0 aliphatic heterocycles. The zero-order valence-electron chi connectivity index (χ0n) is 11.7. The van der Waals surface area contributed by atoms with E-state index >= 15 is 0 Å². The van der Waals surface area contributed by atoms with Crippen LogP contribution in [0.25, 0.3) is 0 Å². The molecule has 100 valence electrons. The van der Waals surface area contributed by atoms with Crippen LogP contribution in [0.1, 0.15) is 41.3 Å². The highest BCUT2D eigenvalue weighted by molar-refractivity contribution is 5.99. The molecule has 3 nitrogen and oxygen atoms in total. The topological polar surface area (TPSA) is 35.5 Å². The lowest BCUT2D eigenvalue weighted by Crippen LogP contribution is -2.09. The van der Waals surface area contributed by atoms with Crippen molar-refractivity contribution in [3.05, 3.63) is 28.8 Å². The molecule has 0 heterocycles. The minimum absolute atomic E-state index is 0.0785. The fraction of sp³-hybridized carbons (Fsp3) is 0.533. The van der Waals surface area contributed by atoms with Crippen molar-refractivity contribution in [1.29, 1.82) is 0 Å². The quantitative estimate of drug-likeness (QED) is 0.696. The van der Waals surface area contributed by atoms with Gasteiger partial charge in [0.2, 0.25) is 0 Å². The Balaban J connectivity index is 3.02. The molecular weight excluding hydrogens is 228 g/mol. The second-order valence-corrected chi connectivity index (χ2v) is 4.47. The summed E-state index contributed by atoms with van der Waals surface area (Å²) >= 11 is 0. The summed E-state index contributed by atoms with van der Waals surface area (Å²) in [6, 6.07) is 3.94. The molecule has 0 saturated heterocycles. The van der Waals surface area contributed by atoms with Gasteiger partial charge in [0, 0.05) is 13.5 Å². The van der Waals surface area contributed by atoms with Crippen LogP contribution in [-0.2, 0) is 4.74 Å². The van der Waals surface area contributed by atoms with Gasteiger partial charge >= 0.3 is 0 Å². The van der Waals surface area contributed by atoms with E-state index in [0.29, 0.717) is 25.2 Å². The Morgan fingerprint density at radius 3 is 2.56 bits per heavy atom. The average Bonchev–Trinajstić information content (AvgIpc) is 2.34. The first kappa shape index (κ1) is 14.7. The molecule has 3 heteroatoms. The third-order valence-electron chi connectivity index (χ3n) is 2.70. The fourth-order valence-corrected chi connectivity index (χ4v) is 1.89. The summed E-state index contributed by atoms with van der Waals surface area (Å²) in [5, 5.41) is 0. The minimum atomic E-state index is 0.0785. The number of carbonyl (C=O) groups is 1. The first-order valence-corrected chi connectivity index (χ1v) is 6.36. The first-order chi connectivity index (χ1) is 8.60. The van der Waals surface area contributed by atoms with Gasteiger partial charge in [0.1, 0.15) is 5.75 Å². The number of methoxy groups -OCH3 is 1. The molecule has 0 aromatic heterocycles. The van der Waals surface area contributed by atoms with Crippen LogP contribution in [-0.4, -0.2) is 26.1 Å². The minimum Gasteiger partial charge on any atom is -0.493 e. The highest BCUT2D eigenvalue weighted by Gasteiger charge is 2.15. The first-order valence-electron chi connectivity index (χ1n) is 6.36. The number of carbonyl (C=O) groups excluding carboxylic acids is 1. The highest BCUT2D eigenvalue weighted by atomic mass is 16.5. The Kier molecular flexibility index (Phi) is 5.86. The number of Topliss-reactive ketones (excluding diaryl/α,β-unsaturated/α-hetero) is 1. The molecule has 0 spiro atoms. The lowest BCUT2D eigenvalue weighted by atomic mass is 10.0. The molecule has 18 heavy (non-hydrogen) atoms. The average molecular weight is 250 g/mol. The van der Waals surface area contributed by atoms with Crippen molar-refractivity contribution < 1.29 is 14.3 Å². The molecule has 0 radical (unpaired) electrons. The molecule has 0 unspecified atom stereocenters.